The quantitative estimate of drug-likeness (QED) is 0.269. The van der Waals surface area contributed by atoms with E-state index in [1.54, 1.807) is 0 Å². The number of aliphatic imine (C=N–C) groups is 1. The molecule has 0 aliphatic heterocycles. The molecular formula is C20H33IN4O2. The summed E-state index contributed by atoms with van der Waals surface area (Å²) >= 11 is 0. The molecule has 1 aromatic rings. The highest BCUT2D eigenvalue weighted by Gasteiger charge is 2.19. The summed E-state index contributed by atoms with van der Waals surface area (Å²) < 4.78 is 0. The van der Waals surface area contributed by atoms with Crippen molar-refractivity contribution in [1.29, 1.82) is 0 Å². The molecule has 0 atom stereocenters. The second-order valence-electron chi connectivity index (χ2n) is 6.84. The van der Waals surface area contributed by atoms with Crippen molar-refractivity contribution in [1.82, 2.24) is 10.6 Å². The van der Waals surface area contributed by atoms with Crippen molar-refractivity contribution >= 4 is 41.5 Å². The zero-order valence-corrected chi connectivity index (χ0v) is 18.7. The molecule has 1 amide bonds. The molecule has 152 valence electrons. The van der Waals surface area contributed by atoms with Gasteiger partial charge in [0.2, 0.25) is 5.91 Å². The van der Waals surface area contributed by atoms with E-state index in [-0.39, 0.29) is 36.0 Å². The molecule has 1 aliphatic carbocycles. The fourth-order valence-electron chi connectivity index (χ4n) is 3.10. The number of hydrogen-bond donors (Lipinski definition) is 4. The lowest BCUT2D eigenvalue weighted by Crippen LogP contribution is -2.45. The summed E-state index contributed by atoms with van der Waals surface area (Å²) in [5.74, 6) is 0.844. The van der Waals surface area contributed by atoms with Crippen LogP contribution in [0.2, 0.25) is 0 Å². The number of benzene rings is 1. The van der Waals surface area contributed by atoms with Crippen LogP contribution in [-0.2, 0) is 11.3 Å². The monoisotopic (exact) mass is 488 g/mol. The molecule has 2 rings (SSSR count). The van der Waals surface area contributed by atoms with Crippen LogP contribution in [0.15, 0.2) is 29.3 Å². The molecule has 0 bridgehead atoms. The number of nitrogens with zero attached hydrogens (tertiary/aromatic N) is 1. The lowest BCUT2D eigenvalue weighted by molar-refractivity contribution is -0.116. The Labute approximate surface area is 179 Å². The van der Waals surface area contributed by atoms with Gasteiger partial charge in [0.15, 0.2) is 5.96 Å². The van der Waals surface area contributed by atoms with Gasteiger partial charge in [-0.25, -0.2) is 4.99 Å². The summed E-state index contributed by atoms with van der Waals surface area (Å²) in [6.07, 6.45) is 4.83. The summed E-state index contributed by atoms with van der Waals surface area (Å²) in [5.41, 5.74) is 1.87. The highest BCUT2D eigenvalue weighted by Crippen LogP contribution is 2.18. The Morgan fingerprint density at radius 2 is 1.96 bits per heavy atom. The second-order valence-corrected chi connectivity index (χ2v) is 6.84. The molecule has 4 N–H and O–H groups in total. The molecule has 0 aromatic heterocycles. The van der Waals surface area contributed by atoms with Crippen molar-refractivity contribution in [3.8, 4) is 0 Å². The minimum absolute atomic E-state index is 0. The zero-order valence-electron chi connectivity index (χ0n) is 16.3. The average Bonchev–Trinajstić information content (AvgIpc) is 2.62. The Morgan fingerprint density at radius 1 is 1.22 bits per heavy atom. The van der Waals surface area contributed by atoms with Gasteiger partial charge in [0.25, 0.3) is 0 Å². The van der Waals surface area contributed by atoms with Crippen LogP contribution in [0, 0.1) is 0 Å². The third kappa shape index (κ3) is 8.92. The third-order valence-electron chi connectivity index (χ3n) is 4.49. The molecule has 1 saturated carbocycles. The van der Waals surface area contributed by atoms with E-state index in [1.807, 2.05) is 38.1 Å². The lowest BCUT2D eigenvalue weighted by Gasteiger charge is -2.27. The van der Waals surface area contributed by atoms with Gasteiger partial charge in [0.1, 0.15) is 0 Å². The Balaban J connectivity index is 0.00000364. The number of aliphatic hydroxyl groups is 1. The second kappa shape index (κ2) is 12.9. The average molecular weight is 488 g/mol. The van der Waals surface area contributed by atoms with Crippen molar-refractivity contribution in [2.75, 3.05) is 11.9 Å². The summed E-state index contributed by atoms with van der Waals surface area (Å²) in [6.45, 7) is 5.38. The number of nitrogens with one attached hydrogen (secondary N) is 3. The van der Waals surface area contributed by atoms with Gasteiger partial charge in [-0.2, -0.15) is 0 Å². The van der Waals surface area contributed by atoms with Gasteiger partial charge in [-0.05, 0) is 56.7 Å². The van der Waals surface area contributed by atoms with Crippen molar-refractivity contribution in [2.24, 2.45) is 4.99 Å². The first kappa shape index (κ1) is 23.7. The smallest absolute Gasteiger partial charge is 0.224 e. The van der Waals surface area contributed by atoms with Crippen LogP contribution in [0.5, 0.6) is 0 Å². The summed E-state index contributed by atoms with van der Waals surface area (Å²) in [5, 5.41) is 19.3. The number of hydrogen-bond acceptors (Lipinski definition) is 3. The molecule has 1 aromatic carbocycles. The van der Waals surface area contributed by atoms with Crippen LogP contribution in [0.3, 0.4) is 0 Å². The molecule has 6 nitrogen and oxygen atoms in total. The summed E-state index contributed by atoms with van der Waals surface area (Å²) in [6, 6.07) is 8.18. The van der Waals surface area contributed by atoms with E-state index in [0.717, 1.165) is 55.9 Å². The highest BCUT2D eigenvalue weighted by molar-refractivity contribution is 14.0. The van der Waals surface area contributed by atoms with Crippen LogP contribution < -0.4 is 16.0 Å². The maximum absolute atomic E-state index is 11.7. The maximum atomic E-state index is 11.7. The minimum Gasteiger partial charge on any atom is -0.393 e. The number of amides is 1. The number of carbonyl (C=O) groups is 1. The molecule has 0 saturated heterocycles. The van der Waals surface area contributed by atoms with Gasteiger partial charge in [-0.3, -0.25) is 4.79 Å². The van der Waals surface area contributed by atoms with E-state index in [9.17, 15) is 9.90 Å². The number of aliphatic hydroxyl groups excluding tert-OH is 1. The van der Waals surface area contributed by atoms with E-state index in [4.69, 9.17) is 0 Å². The van der Waals surface area contributed by atoms with Crippen LogP contribution in [0.1, 0.15) is 57.9 Å². The van der Waals surface area contributed by atoms with Crippen LogP contribution >= 0.6 is 24.0 Å². The Bertz CT molecular complexity index is 601. The van der Waals surface area contributed by atoms with E-state index in [0.29, 0.717) is 19.0 Å². The topological polar surface area (TPSA) is 85.8 Å². The van der Waals surface area contributed by atoms with Gasteiger partial charge in [0.05, 0.1) is 12.6 Å². The molecule has 1 fully saturated rings. The van der Waals surface area contributed by atoms with Gasteiger partial charge < -0.3 is 21.1 Å². The fraction of sp³-hybridized carbons (Fsp3) is 0.600. The van der Waals surface area contributed by atoms with Crippen molar-refractivity contribution in [3.05, 3.63) is 29.8 Å². The van der Waals surface area contributed by atoms with Gasteiger partial charge in [0, 0.05) is 24.7 Å². The number of halogens is 1. The Morgan fingerprint density at radius 3 is 2.63 bits per heavy atom. The zero-order chi connectivity index (χ0) is 18.8. The van der Waals surface area contributed by atoms with Gasteiger partial charge >= 0.3 is 0 Å². The third-order valence-corrected chi connectivity index (χ3v) is 4.49. The molecule has 27 heavy (non-hydrogen) atoms. The van der Waals surface area contributed by atoms with Gasteiger partial charge in [-0.15, -0.1) is 24.0 Å². The first-order chi connectivity index (χ1) is 12.6. The Kier molecular flexibility index (Phi) is 11.3. The number of rotatable bonds is 7. The first-order valence-electron chi connectivity index (χ1n) is 9.72. The minimum atomic E-state index is -0.154. The van der Waals surface area contributed by atoms with Crippen molar-refractivity contribution < 1.29 is 9.90 Å². The largest absolute Gasteiger partial charge is 0.393 e. The summed E-state index contributed by atoms with van der Waals surface area (Å²) in [4.78, 5) is 16.4. The number of guanidine groups is 1. The summed E-state index contributed by atoms with van der Waals surface area (Å²) in [7, 11) is 0. The maximum Gasteiger partial charge on any atom is 0.224 e. The predicted octanol–water partition coefficient (Wildman–Crippen LogP) is 3.40. The van der Waals surface area contributed by atoms with Crippen LogP contribution in [-0.4, -0.2) is 35.7 Å². The van der Waals surface area contributed by atoms with E-state index < -0.39 is 0 Å². The van der Waals surface area contributed by atoms with Crippen molar-refractivity contribution in [2.45, 2.75) is 71.1 Å². The molecular weight excluding hydrogens is 455 g/mol. The SMILES string of the molecule is CCCC(=O)Nc1cccc(CN=C(NCC)NC2CCC(O)CC2)c1.I. The first-order valence-corrected chi connectivity index (χ1v) is 9.72. The molecule has 7 heteroatoms. The van der Waals surface area contributed by atoms with E-state index in [2.05, 4.69) is 20.9 Å². The Hall–Kier alpha value is -1.35. The number of anilines is 1. The predicted molar refractivity (Wildman–Crippen MR) is 122 cm³/mol. The molecule has 0 heterocycles. The normalized spacial score (nSPS) is 19.7. The standard InChI is InChI=1S/C20H32N4O2.HI/c1-3-6-19(26)23-17-8-5-7-15(13-17)14-22-20(21-4-2)24-16-9-11-18(25)12-10-16;/h5,7-8,13,16,18,25H,3-4,6,9-12,14H2,1-2H3,(H,23,26)(H2,21,22,24);1H. The fourth-order valence-corrected chi connectivity index (χ4v) is 3.10. The van der Waals surface area contributed by atoms with E-state index >= 15 is 0 Å². The molecule has 1 aliphatic rings. The molecule has 0 unspecified atom stereocenters. The lowest BCUT2D eigenvalue weighted by atomic mass is 9.93. The van der Waals surface area contributed by atoms with Crippen molar-refractivity contribution in [3.63, 3.8) is 0 Å². The number of carbonyl (C=O) groups excluding carboxylic acids is 1. The molecule has 0 radical (unpaired) electrons. The molecule has 0 spiro atoms. The van der Waals surface area contributed by atoms with Gasteiger partial charge in [-0.1, -0.05) is 19.1 Å². The van der Waals surface area contributed by atoms with E-state index in [1.165, 1.54) is 0 Å². The van der Waals surface area contributed by atoms with Crippen LogP contribution in [0.25, 0.3) is 0 Å². The van der Waals surface area contributed by atoms with Crippen LogP contribution in [0.4, 0.5) is 5.69 Å². The highest BCUT2D eigenvalue weighted by atomic mass is 127.